The molecule has 0 unspecified atom stereocenters. The molecule has 0 heterocycles. The molecule has 12 aromatic carbocycles. The quantitative estimate of drug-likeness (QED) is 0.0554. The first-order valence-electron chi connectivity index (χ1n) is 27.6. The summed E-state index contributed by atoms with van der Waals surface area (Å²) in [5.74, 6) is 6.34. The Kier molecular flexibility index (Phi) is 19.0. The van der Waals surface area contributed by atoms with Crippen molar-refractivity contribution in [3.8, 4) is 34.1 Å². The monoisotopic (exact) mass is 1280 g/mol. The number of benzene rings is 12. The van der Waals surface area contributed by atoms with Crippen LogP contribution in [0.15, 0.2) is 328 Å². The molecule has 0 aromatic heterocycles. The van der Waals surface area contributed by atoms with Crippen molar-refractivity contribution in [1.29, 1.82) is 0 Å². The zero-order valence-corrected chi connectivity index (χ0v) is 50.5. The largest absolute Gasteiger partial charge is 1.00 e. The molecule has 4 heteroatoms. The second kappa shape index (κ2) is 27.0. The van der Waals surface area contributed by atoms with Crippen molar-refractivity contribution in [2.24, 2.45) is 0 Å². The van der Waals surface area contributed by atoms with Crippen LogP contribution in [0.5, 0.6) is 0 Å². The normalized spacial score (nSPS) is 12.3. The van der Waals surface area contributed by atoms with E-state index in [1.165, 1.54) is 93.9 Å². The van der Waals surface area contributed by atoms with Crippen LogP contribution >= 0.6 is 15.8 Å². The molecule has 14 rings (SSSR count). The Hall–Kier alpha value is -7.90. The SMILES string of the molecule is [Ag+].[Ag+].[C-]#Cc1ccc2c(c1)-c1ccccc1C2(c1ccccc1)c1ccccc1.[C-]#Cc1ccc2c(c1)-c1ccccc1C2(c1ccccc1)c1ccccc1.c1ccc([PH+](C[PH+](c2ccccc2)c2ccccc2)c2ccccc2)cc1. The average molecular weight is 1290 g/mol. The third-order valence-electron chi connectivity index (χ3n) is 16.0. The molecular weight excluding hydrogens is 1230 g/mol. The molecule has 0 radical (unpaired) electrons. The number of hydrogen-bond acceptors (Lipinski definition) is 0. The van der Waals surface area contributed by atoms with Crippen LogP contribution in [-0.4, -0.2) is 5.90 Å². The second-order valence-electron chi connectivity index (χ2n) is 20.4. The third kappa shape index (κ3) is 11.4. The first-order chi connectivity index (χ1) is 40.1. The van der Waals surface area contributed by atoms with Crippen LogP contribution in [0.1, 0.15) is 55.6 Å². The van der Waals surface area contributed by atoms with Crippen LogP contribution in [-0.2, 0) is 55.6 Å². The van der Waals surface area contributed by atoms with Gasteiger partial charge in [0.15, 0.2) is 5.90 Å². The van der Waals surface area contributed by atoms with Crippen LogP contribution in [0.4, 0.5) is 0 Å². The average Bonchev–Trinajstić information content (AvgIpc) is 1.84. The van der Waals surface area contributed by atoms with Gasteiger partial charge in [-0.1, -0.05) is 255 Å². The molecule has 0 aliphatic heterocycles. The molecule has 0 atom stereocenters. The first-order valence-corrected chi connectivity index (χ1v) is 31.0. The summed E-state index contributed by atoms with van der Waals surface area (Å²) in [4.78, 5) is 0. The molecule has 0 bridgehead atoms. The Morgan fingerprint density at radius 2 is 0.482 bits per heavy atom. The fourth-order valence-corrected chi connectivity index (χ4v) is 20.3. The molecule has 0 saturated heterocycles. The Balaban J connectivity index is 0.000000137. The molecule has 0 amide bonds. The van der Waals surface area contributed by atoms with Crippen LogP contribution in [0.2, 0.25) is 0 Å². The molecule has 2 aliphatic rings. The van der Waals surface area contributed by atoms with Gasteiger partial charge in [-0.2, -0.15) is 0 Å². The van der Waals surface area contributed by atoms with Crippen molar-refractivity contribution in [3.63, 3.8) is 0 Å². The van der Waals surface area contributed by atoms with E-state index in [0.717, 1.165) is 11.1 Å². The number of hydrogen-bond donors (Lipinski definition) is 0. The van der Waals surface area contributed by atoms with E-state index in [2.05, 4.69) is 327 Å². The summed E-state index contributed by atoms with van der Waals surface area (Å²) in [5.41, 5.74) is 15.9. The maximum Gasteiger partial charge on any atom is 1.00 e. The van der Waals surface area contributed by atoms with E-state index in [9.17, 15) is 0 Å². The maximum absolute atomic E-state index is 7.57. The van der Waals surface area contributed by atoms with Gasteiger partial charge in [-0.25, -0.2) is 0 Å². The van der Waals surface area contributed by atoms with Crippen molar-refractivity contribution in [3.05, 3.63) is 396 Å². The number of fused-ring (bicyclic) bond motifs is 6. The predicted molar refractivity (Wildman–Crippen MR) is 346 cm³/mol. The number of rotatable bonds is 10. The van der Waals surface area contributed by atoms with E-state index in [1.807, 2.05) is 12.1 Å². The van der Waals surface area contributed by atoms with Crippen molar-refractivity contribution < 1.29 is 44.8 Å². The van der Waals surface area contributed by atoms with Gasteiger partial charge in [-0.15, -0.1) is 35.4 Å². The molecule has 0 nitrogen and oxygen atoms in total. The van der Waals surface area contributed by atoms with Crippen LogP contribution in [0, 0.1) is 24.7 Å². The van der Waals surface area contributed by atoms with Crippen molar-refractivity contribution >= 4 is 37.1 Å². The van der Waals surface area contributed by atoms with Crippen LogP contribution in [0.25, 0.3) is 22.3 Å². The second-order valence-corrected chi connectivity index (χ2v) is 26.1. The molecule has 0 saturated carbocycles. The summed E-state index contributed by atoms with van der Waals surface area (Å²) in [7, 11) is -1.69. The molecule has 404 valence electrons. The van der Waals surface area contributed by atoms with Crippen molar-refractivity contribution in [2.45, 2.75) is 10.8 Å². The molecule has 12 aromatic rings. The van der Waals surface area contributed by atoms with Crippen molar-refractivity contribution in [2.75, 3.05) is 5.90 Å². The van der Waals surface area contributed by atoms with Gasteiger partial charge in [0, 0.05) is 0 Å². The van der Waals surface area contributed by atoms with E-state index in [-0.39, 0.29) is 55.6 Å². The summed E-state index contributed by atoms with van der Waals surface area (Å²) in [6, 6.07) is 117. The summed E-state index contributed by atoms with van der Waals surface area (Å²) in [5, 5.41) is 6.01. The summed E-state index contributed by atoms with van der Waals surface area (Å²) in [6.45, 7) is 0. The molecule has 2 aliphatic carbocycles. The van der Waals surface area contributed by atoms with Crippen LogP contribution < -0.4 is 21.2 Å². The maximum atomic E-state index is 7.57. The van der Waals surface area contributed by atoms with Crippen LogP contribution in [0.3, 0.4) is 0 Å². The van der Waals surface area contributed by atoms with Gasteiger partial charge in [0.25, 0.3) is 0 Å². The van der Waals surface area contributed by atoms with E-state index >= 15 is 0 Å². The Bertz CT molecular complexity index is 3710. The summed E-state index contributed by atoms with van der Waals surface area (Å²) >= 11 is 0. The molecule has 0 N–H and O–H groups in total. The van der Waals surface area contributed by atoms with Gasteiger partial charge in [0.2, 0.25) is 0 Å². The summed E-state index contributed by atoms with van der Waals surface area (Å²) in [6.07, 6.45) is 15.1. The van der Waals surface area contributed by atoms with Gasteiger partial charge < -0.3 is 12.8 Å². The minimum atomic E-state index is -0.847. The smallest absolute Gasteiger partial charge is 0.366 e. The minimum absolute atomic E-state index is 0. The minimum Gasteiger partial charge on any atom is -0.366 e. The Morgan fingerprint density at radius 3 is 0.747 bits per heavy atom. The molecule has 0 fully saturated rings. The van der Waals surface area contributed by atoms with Gasteiger partial charge in [0.1, 0.15) is 37.1 Å². The van der Waals surface area contributed by atoms with E-state index in [0.29, 0.717) is 0 Å². The van der Waals surface area contributed by atoms with Gasteiger partial charge >= 0.3 is 44.8 Å². The van der Waals surface area contributed by atoms with Gasteiger partial charge in [-0.05, 0) is 115 Å². The molecule has 0 spiro atoms. The van der Waals surface area contributed by atoms with E-state index in [1.54, 1.807) is 0 Å². The molecular formula is C79H58Ag2P2+2. The fraction of sp³-hybridized carbons (Fsp3) is 0.0380. The zero-order valence-electron chi connectivity index (χ0n) is 45.5. The van der Waals surface area contributed by atoms with E-state index < -0.39 is 15.8 Å². The Labute approximate surface area is 524 Å². The topological polar surface area (TPSA) is 0 Å². The fourth-order valence-electron chi connectivity index (χ4n) is 12.5. The molecule has 83 heavy (non-hydrogen) atoms. The Morgan fingerprint density at radius 1 is 0.253 bits per heavy atom. The summed E-state index contributed by atoms with van der Waals surface area (Å²) < 4.78 is 0. The third-order valence-corrected chi connectivity index (χ3v) is 23.0. The van der Waals surface area contributed by atoms with Gasteiger partial charge in [-0.3, -0.25) is 11.8 Å². The van der Waals surface area contributed by atoms with E-state index in [4.69, 9.17) is 12.8 Å². The van der Waals surface area contributed by atoms with Crippen molar-refractivity contribution in [1.82, 2.24) is 0 Å². The first kappa shape index (κ1) is 58.3. The predicted octanol–water partition coefficient (Wildman–Crippen LogP) is 16.6. The van der Waals surface area contributed by atoms with Gasteiger partial charge in [0.05, 0.1) is 10.8 Å². The zero-order chi connectivity index (χ0) is 54.9. The standard InChI is InChI=1S/2C27H17.C25H22P2.2Ag/c2*1-2-20-17-18-26-24(19-20)23-15-9-10-16-25(23)27(26,21-11-5-3-6-12-21)22-13-7-4-8-14-22;1-5-13-22(14-6-1)26(23-15-7-2-8-16-23)21-27(24-17-9-3-10-18-24)25-19-11-4-12-20-25;;/h2*3-19H;1-20H,21H2;;/q2*-1;;2*+1/p+2.